The molecule has 30 heavy (non-hydrogen) atoms. The second-order valence-corrected chi connectivity index (χ2v) is 8.70. The zero-order valence-electron chi connectivity index (χ0n) is 16.4. The van der Waals surface area contributed by atoms with E-state index in [0.29, 0.717) is 5.56 Å². The zero-order valence-corrected chi connectivity index (χ0v) is 17.2. The number of para-hydroxylation sites is 1. The third kappa shape index (κ3) is 3.15. The Morgan fingerprint density at radius 2 is 1.53 bits per heavy atom. The molecule has 3 nitrogen and oxygen atoms in total. The summed E-state index contributed by atoms with van der Waals surface area (Å²) in [5.41, 5.74) is 3.38. The van der Waals surface area contributed by atoms with Crippen LogP contribution in [0.2, 0.25) is 0 Å². The highest BCUT2D eigenvalue weighted by Gasteiger charge is 2.25. The molecule has 0 spiro atoms. The predicted octanol–water partition coefficient (Wildman–Crippen LogP) is 5.98. The summed E-state index contributed by atoms with van der Waals surface area (Å²) in [6.45, 7) is 0. The van der Waals surface area contributed by atoms with E-state index in [1.165, 1.54) is 0 Å². The lowest BCUT2D eigenvalue weighted by molar-refractivity contribution is 0.104. The third-order valence-electron chi connectivity index (χ3n) is 5.43. The van der Waals surface area contributed by atoms with Crippen LogP contribution in [-0.4, -0.2) is 17.0 Å². The first kappa shape index (κ1) is 18.5. The van der Waals surface area contributed by atoms with Crippen molar-refractivity contribution in [1.29, 1.82) is 0 Å². The molecule has 0 amide bonds. The first-order valence-corrected chi connectivity index (χ1v) is 10.9. The molecule has 0 N–H and O–H groups in total. The van der Waals surface area contributed by atoms with Crippen LogP contribution >= 0.6 is 0 Å². The lowest BCUT2D eigenvalue weighted by Gasteiger charge is -2.29. The first-order chi connectivity index (χ1) is 14.6. The summed E-state index contributed by atoms with van der Waals surface area (Å²) in [4.78, 5) is 16.3. The van der Waals surface area contributed by atoms with Gasteiger partial charge in [0, 0.05) is 12.6 Å². The van der Waals surface area contributed by atoms with Crippen molar-refractivity contribution in [2.45, 2.75) is 9.79 Å². The zero-order chi connectivity index (χ0) is 20.7. The van der Waals surface area contributed by atoms with Crippen LogP contribution in [0.25, 0.3) is 16.8 Å². The van der Waals surface area contributed by atoms with E-state index in [2.05, 4.69) is 4.90 Å². The van der Waals surface area contributed by atoms with E-state index in [0.717, 1.165) is 37.5 Å². The molecular formula is C26H19NO2S. The van der Waals surface area contributed by atoms with Crippen LogP contribution < -0.4 is 4.90 Å². The number of benzene rings is 4. The van der Waals surface area contributed by atoms with Crippen LogP contribution in [0.15, 0.2) is 101 Å². The molecule has 1 atom stereocenters. The maximum Gasteiger partial charge on any atom is 0.185 e. The maximum absolute atomic E-state index is 13.1. The monoisotopic (exact) mass is 409 g/mol. The van der Waals surface area contributed by atoms with Crippen LogP contribution in [0.1, 0.15) is 15.9 Å². The smallest absolute Gasteiger partial charge is 0.185 e. The number of hydrogen-bond acceptors (Lipinski definition) is 3. The van der Waals surface area contributed by atoms with Gasteiger partial charge in [0.05, 0.1) is 32.0 Å². The fourth-order valence-corrected chi connectivity index (χ4v) is 5.28. The van der Waals surface area contributed by atoms with Crippen molar-refractivity contribution in [3.63, 3.8) is 0 Å². The standard InChI is InChI=1S/C26H19NO2S/c1-27-22-8-4-5-9-25(22)30(29)26-16-18(10-14-23(26)27)11-15-24(28)21-13-12-19-6-2-3-7-20(19)17-21/h2-17H,1H3/b15-11+. The molecule has 146 valence electrons. The molecule has 0 aliphatic carbocycles. The number of nitrogens with zero attached hydrogens (tertiary/aromatic N) is 1. The second-order valence-electron chi connectivity index (χ2n) is 7.28. The Balaban J connectivity index is 1.45. The predicted molar refractivity (Wildman–Crippen MR) is 123 cm³/mol. The number of allylic oxidation sites excluding steroid dienone is 1. The van der Waals surface area contributed by atoms with Crippen LogP contribution in [0.5, 0.6) is 0 Å². The summed E-state index contributed by atoms with van der Waals surface area (Å²) >= 11 is 0. The molecule has 0 radical (unpaired) electrons. The van der Waals surface area contributed by atoms with Gasteiger partial charge in [-0.1, -0.05) is 60.7 Å². The van der Waals surface area contributed by atoms with Gasteiger partial charge in [-0.05, 0) is 52.7 Å². The van der Waals surface area contributed by atoms with Crippen LogP contribution in [-0.2, 0) is 10.8 Å². The average molecular weight is 410 g/mol. The van der Waals surface area contributed by atoms with Crippen molar-refractivity contribution in [3.05, 3.63) is 102 Å². The molecule has 1 unspecified atom stereocenters. The van der Waals surface area contributed by atoms with Gasteiger partial charge in [0.1, 0.15) is 0 Å². The molecule has 1 heterocycles. The van der Waals surface area contributed by atoms with Gasteiger partial charge in [-0.2, -0.15) is 0 Å². The molecule has 0 fully saturated rings. The quantitative estimate of drug-likeness (QED) is 0.308. The number of carbonyl (C=O) groups is 1. The average Bonchev–Trinajstić information content (AvgIpc) is 2.80. The topological polar surface area (TPSA) is 37.4 Å². The van der Waals surface area contributed by atoms with E-state index >= 15 is 0 Å². The SMILES string of the molecule is CN1c2ccccc2S(=O)c2cc(/C=C/C(=O)c3ccc4ccccc4c3)ccc21. The molecule has 1 aliphatic heterocycles. The van der Waals surface area contributed by atoms with E-state index in [4.69, 9.17) is 0 Å². The van der Waals surface area contributed by atoms with Crippen LogP contribution in [0.3, 0.4) is 0 Å². The number of ketones is 1. The summed E-state index contributed by atoms with van der Waals surface area (Å²) < 4.78 is 13.1. The van der Waals surface area contributed by atoms with Crippen molar-refractivity contribution in [2.75, 3.05) is 11.9 Å². The van der Waals surface area contributed by atoms with Crippen LogP contribution in [0.4, 0.5) is 11.4 Å². The molecule has 1 aliphatic rings. The highest BCUT2D eigenvalue weighted by atomic mass is 32.2. The van der Waals surface area contributed by atoms with Crippen molar-refractivity contribution >= 4 is 44.8 Å². The van der Waals surface area contributed by atoms with E-state index < -0.39 is 10.8 Å². The Hall–Kier alpha value is -3.50. The van der Waals surface area contributed by atoms with Gasteiger partial charge in [-0.15, -0.1) is 0 Å². The van der Waals surface area contributed by atoms with Crippen molar-refractivity contribution in [2.24, 2.45) is 0 Å². The number of fused-ring (bicyclic) bond motifs is 3. The molecule has 0 saturated carbocycles. The molecule has 0 aromatic heterocycles. The molecule has 4 heteroatoms. The molecule has 4 aromatic carbocycles. The number of carbonyl (C=O) groups excluding carboxylic acids is 1. The van der Waals surface area contributed by atoms with Gasteiger partial charge >= 0.3 is 0 Å². The van der Waals surface area contributed by atoms with Gasteiger partial charge in [-0.25, -0.2) is 4.21 Å². The molecule has 0 saturated heterocycles. The highest BCUT2D eigenvalue weighted by Crippen LogP contribution is 2.41. The van der Waals surface area contributed by atoms with Crippen molar-refractivity contribution in [1.82, 2.24) is 0 Å². The third-order valence-corrected chi connectivity index (χ3v) is 6.90. The Bertz CT molecular complexity index is 1360. The Morgan fingerprint density at radius 3 is 2.40 bits per heavy atom. The van der Waals surface area contributed by atoms with Gasteiger partial charge in [0.15, 0.2) is 5.78 Å². The molecular weight excluding hydrogens is 390 g/mol. The highest BCUT2D eigenvalue weighted by molar-refractivity contribution is 7.85. The fourth-order valence-electron chi connectivity index (χ4n) is 3.81. The summed E-state index contributed by atoms with van der Waals surface area (Å²) in [5, 5.41) is 2.15. The van der Waals surface area contributed by atoms with E-state index in [1.807, 2.05) is 92.0 Å². The summed E-state index contributed by atoms with van der Waals surface area (Å²) in [6.07, 6.45) is 3.37. The lowest BCUT2D eigenvalue weighted by atomic mass is 10.0. The summed E-state index contributed by atoms with van der Waals surface area (Å²) in [7, 11) is 0.731. The second kappa shape index (κ2) is 7.39. The van der Waals surface area contributed by atoms with Crippen LogP contribution in [0, 0.1) is 0 Å². The molecule has 0 bridgehead atoms. The minimum atomic E-state index is -1.25. The minimum absolute atomic E-state index is 0.0536. The van der Waals surface area contributed by atoms with E-state index in [9.17, 15) is 9.00 Å². The minimum Gasteiger partial charge on any atom is -0.343 e. The number of rotatable bonds is 3. The lowest BCUT2D eigenvalue weighted by Crippen LogP contribution is -2.19. The number of hydrogen-bond donors (Lipinski definition) is 0. The molecule has 4 aromatic rings. The largest absolute Gasteiger partial charge is 0.343 e. The van der Waals surface area contributed by atoms with Gasteiger partial charge in [-0.3, -0.25) is 4.79 Å². The Labute approximate surface area is 177 Å². The van der Waals surface area contributed by atoms with E-state index in [1.54, 1.807) is 12.2 Å². The summed E-state index contributed by atoms with van der Waals surface area (Å²) in [5.74, 6) is -0.0536. The Morgan fingerprint density at radius 1 is 0.800 bits per heavy atom. The van der Waals surface area contributed by atoms with Gasteiger partial charge in [0.25, 0.3) is 0 Å². The van der Waals surface area contributed by atoms with Crippen molar-refractivity contribution in [3.8, 4) is 0 Å². The maximum atomic E-state index is 13.1. The first-order valence-electron chi connectivity index (χ1n) is 9.71. The van der Waals surface area contributed by atoms with Gasteiger partial charge < -0.3 is 4.90 Å². The van der Waals surface area contributed by atoms with Crippen molar-refractivity contribution < 1.29 is 9.00 Å². The molecule has 5 rings (SSSR count). The van der Waals surface area contributed by atoms with Gasteiger partial charge in [0.2, 0.25) is 0 Å². The fraction of sp³-hybridized carbons (Fsp3) is 0.0385. The summed E-state index contributed by atoms with van der Waals surface area (Å²) in [6, 6.07) is 27.3. The normalized spacial score (nSPS) is 15.2. The van der Waals surface area contributed by atoms with E-state index in [-0.39, 0.29) is 5.78 Å². The number of anilines is 2. The Kier molecular flexibility index (Phi) is 4.57.